The van der Waals surface area contributed by atoms with Crippen molar-refractivity contribution in [1.29, 1.82) is 0 Å². The number of rotatable bonds is 6. The summed E-state index contributed by atoms with van der Waals surface area (Å²) in [5.74, 6) is 0. The van der Waals surface area contributed by atoms with Crippen molar-refractivity contribution in [3.63, 3.8) is 0 Å². The van der Waals surface area contributed by atoms with E-state index in [1.165, 1.54) is 58.2 Å². The van der Waals surface area contributed by atoms with Gasteiger partial charge in [-0.3, -0.25) is 0 Å². The van der Waals surface area contributed by atoms with Crippen molar-refractivity contribution in [2.45, 2.75) is 70.6 Å². The molecule has 3 nitrogen and oxygen atoms in total. The second-order valence-electron chi connectivity index (χ2n) is 5.88. The third kappa shape index (κ3) is 4.22. The van der Waals surface area contributed by atoms with Crippen LogP contribution in [-0.4, -0.2) is 49.3 Å². The van der Waals surface area contributed by atoms with Gasteiger partial charge in [-0.25, -0.2) is 0 Å². The molecule has 0 amide bonds. The Bertz CT molecular complexity index is 229. The molecule has 0 radical (unpaired) electrons. The number of hydrogen-bond acceptors (Lipinski definition) is 3. The molecule has 0 aromatic carbocycles. The Morgan fingerprint density at radius 3 is 2.67 bits per heavy atom. The molecule has 0 aromatic rings. The zero-order valence-corrected chi connectivity index (χ0v) is 12.2. The van der Waals surface area contributed by atoms with Gasteiger partial charge in [0.15, 0.2) is 0 Å². The second kappa shape index (κ2) is 7.46. The average Bonchev–Trinajstić information content (AvgIpc) is 2.53. The van der Waals surface area contributed by atoms with E-state index in [0.717, 1.165) is 18.7 Å². The van der Waals surface area contributed by atoms with Gasteiger partial charge in [0, 0.05) is 18.7 Å². The second-order valence-corrected chi connectivity index (χ2v) is 5.88. The minimum atomic E-state index is 0.537. The van der Waals surface area contributed by atoms with Crippen molar-refractivity contribution in [3.8, 4) is 0 Å². The maximum Gasteiger partial charge on any atom is 0.0604 e. The number of nitrogens with zero attached hydrogens (tertiary/aromatic N) is 1. The average molecular weight is 254 g/mol. The molecule has 1 heterocycles. The zero-order valence-electron chi connectivity index (χ0n) is 12.2. The molecule has 2 aliphatic rings. The van der Waals surface area contributed by atoms with Gasteiger partial charge >= 0.3 is 0 Å². The van der Waals surface area contributed by atoms with Crippen LogP contribution in [0.1, 0.15) is 52.4 Å². The van der Waals surface area contributed by atoms with Crippen LogP contribution in [0.2, 0.25) is 0 Å². The molecule has 1 N–H and O–H groups in total. The van der Waals surface area contributed by atoms with Gasteiger partial charge in [-0.1, -0.05) is 6.92 Å². The molecule has 0 bridgehead atoms. The molecule has 1 atom stereocenters. The normalized spacial score (nSPS) is 34.0. The van der Waals surface area contributed by atoms with Gasteiger partial charge in [0.1, 0.15) is 0 Å². The maximum absolute atomic E-state index is 5.62. The first-order valence-corrected chi connectivity index (χ1v) is 7.91. The highest BCUT2D eigenvalue weighted by Crippen LogP contribution is 2.25. The van der Waals surface area contributed by atoms with Crippen molar-refractivity contribution in [2.24, 2.45) is 0 Å². The summed E-state index contributed by atoms with van der Waals surface area (Å²) in [5.41, 5.74) is 0. The SMILES string of the molecule is CCCN1CCCC(NC2CC(OCC)C2)CC1. The first-order valence-electron chi connectivity index (χ1n) is 7.91. The topological polar surface area (TPSA) is 24.5 Å². The van der Waals surface area contributed by atoms with Crippen LogP contribution in [0.15, 0.2) is 0 Å². The van der Waals surface area contributed by atoms with E-state index in [4.69, 9.17) is 4.74 Å². The fourth-order valence-corrected chi connectivity index (χ4v) is 3.27. The van der Waals surface area contributed by atoms with Crippen LogP contribution in [0.4, 0.5) is 0 Å². The molecule has 0 spiro atoms. The summed E-state index contributed by atoms with van der Waals surface area (Å²) in [5, 5.41) is 3.84. The minimum Gasteiger partial charge on any atom is -0.378 e. The van der Waals surface area contributed by atoms with Crippen LogP contribution in [-0.2, 0) is 4.74 Å². The Morgan fingerprint density at radius 2 is 1.94 bits per heavy atom. The number of likely N-dealkylation sites (tertiary alicyclic amines) is 1. The minimum absolute atomic E-state index is 0.537. The molecule has 0 aromatic heterocycles. The van der Waals surface area contributed by atoms with Crippen molar-refractivity contribution in [2.75, 3.05) is 26.2 Å². The Kier molecular flexibility index (Phi) is 5.93. The predicted octanol–water partition coefficient (Wildman–Crippen LogP) is 2.41. The molecule has 1 saturated carbocycles. The standard InChI is InChI=1S/C15H30N2O/c1-3-8-17-9-5-6-13(7-10-17)16-14-11-15(12-14)18-4-2/h13-16H,3-12H2,1-2H3. The Hall–Kier alpha value is -0.120. The smallest absolute Gasteiger partial charge is 0.0604 e. The summed E-state index contributed by atoms with van der Waals surface area (Å²) in [7, 11) is 0. The number of ether oxygens (including phenoxy) is 1. The monoisotopic (exact) mass is 254 g/mol. The largest absolute Gasteiger partial charge is 0.378 e. The number of nitrogens with one attached hydrogen (secondary N) is 1. The lowest BCUT2D eigenvalue weighted by molar-refractivity contribution is -0.0127. The van der Waals surface area contributed by atoms with E-state index in [2.05, 4.69) is 24.1 Å². The van der Waals surface area contributed by atoms with Gasteiger partial charge in [0.05, 0.1) is 6.10 Å². The third-order valence-electron chi connectivity index (χ3n) is 4.33. The first-order chi connectivity index (χ1) is 8.81. The summed E-state index contributed by atoms with van der Waals surface area (Å²) in [6.45, 7) is 9.11. The number of hydrogen-bond donors (Lipinski definition) is 1. The molecule has 3 heteroatoms. The highest BCUT2D eigenvalue weighted by atomic mass is 16.5. The fourth-order valence-electron chi connectivity index (χ4n) is 3.27. The van der Waals surface area contributed by atoms with E-state index in [1.807, 2.05) is 0 Å². The lowest BCUT2D eigenvalue weighted by atomic mass is 9.88. The van der Waals surface area contributed by atoms with E-state index in [-0.39, 0.29) is 0 Å². The molecule has 106 valence electrons. The molecule has 18 heavy (non-hydrogen) atoms. The van der Waals surface area contributed by atoms with Crippen LogP contribution in [0.3, 0.4) is 0 Å². The molecule has 1 aliphatic heterocycles. The van der Waals surface area contributed by atoms with E-state index < -0.39 is 0 Å². The Labute approximate surface area is 112 Å². The zero-order chi connectivity index (χ0) is 12.8. The van der Waals surface area contributed by atoms with Crippen molar-refractivity contribution >= 4 is 0 Å². The van der Waals surface area contributed by atoms with Crippen molar-refractivity contribution in [1.82, 2.24) is 10.2 Å². The van der Waals surface area contributed by atoms with E-state index >= 15 is 0 Å². The van der Waals surface area contributed by atoms with Gasteiger partial charge in [0.25, 0.3) is 0 Å². The van der Waals surface area contributed by atoms with Gasteiger partial charge in [0.2, 0.25) is 0 Å². The van der Waals surface area contributed by atoms with E-state index in [0.29, 0.717) is 6.10 Å². The lowest BCUT2D eigenvalue weighted by Gasteiger charge is -2.38. The van der Waals surface area contributed by atoms with Crippen LogP contribution in [0.25, 0.3) is 0 Å². The molecule has 2 rings (SSSR count). The third-order valence-corrected chi connectivity index (χ3v) is 4.33. The first kappa shape index (κ1) is 14.3. The molecule has 1 unspecified atom stereocenters. The summed E-state index contributed by atoms with van der Waals surface area (Å²) >= 11 is 0. The van der Waals surface area contributed by atoms with Crippen LogP contribution in [0, 0.1) is 0 Å². The molecule has 2 fully saturated rings. The molecular formula is C15H30N2O. The summed E-state index contributed by atoms with van der Waals surface area (Å²) in [4.78, 5) is 2.63. The Balaban J connectivity index is 1.62. The lowest BCUT2D eigenvalue weighted by Crippen LogP contribution is -2.49. The maximum atomic E-state index is 5.62. The molecule has 1 aliphatic carbocycles. The van der Waals surface area contributed by atoms with Gasteiger partial charge < -0.3 is 15.0 Å². The van der Waals surface area contributed by atoms with Crippen LogP contribution in [0.5, 0.6) is 0 Å². The van der Waals surface area contributed by atoms with E-state index in [9.17, 15) is 0 Å². The predicted molar refractivity (Wildman–Crippen MR) is 75.9 cm³/mol. The van der Waals surface area contributed by atoms with Gasteiger partial charge in [-0.2, -0.15) is 0 Å². The highest BCUT2D eigenvalue weighted by Gasteiger charge is 2.31. The van der Waals surface area contributed by atoms with E-state index in [1.54, 1.807) is 0 Å². The molecule has 1 saturated heterocycles. The fraction of sp³-hybridized carbons (Fsp3) is 1.00. The van der Waals surface area contributed by atoms with Crippen molar-refractivity contribution < 1.29 is 4.74 Å². The quantitative estimate of drug-likeness (QED) is 0.788. The van der Waals surface area contributed by atoms with Gasteiger partial charge in [-0.15, -0.1) is 0 Å². The van der Waals surface area contributed by atoms with Gasteiger partial charge in [-0.05, 0) is 65.1 Å². The molecular weight excluding hydrogens is 224 g/mol. The summed E-state index contributed by atoms with van der Waals surface area (Å²) in [6.07, 6.45) is 8.32. The summed E-state index contributed by atoms with van der Waals surface area (Å²) < 4.78 is 5.62. The highest BCUT2D eigenvalue weighted by molar-refractivity contribution is 4.89. The Morgan fingerprint density at radius 1 is 1.11 bits per heavy atom. The van der Waals surface area contributed by atoms with Crippen molar-refractivity contribution in [3.05, 3.63) is 0 Å². The summed E-state index contributed by atoms with van der Waals surface area (Å²) in [6, 6.07) is 1.48. The van der Waals surface area contributed by atoms with Crippen LogP contribution >= 0.6 is 0 Å². The van der Waals surface area contributed by atoms with Crippen LogP contribution < -0.4 is 5.32 Å².